The molecule has 0 bridgehead atoms. The Morgan fingerprint density at radius 1 is 1.14 bits per heavy atom. The van der Waals surface area contributed by atoms with Gasteiger partial charge in [0, 0.05) is 35.6 Å². The van der Waals surface area contributed by atoms with E-state index >= 15 is 0 Å². The van der Waals surface area contributed by atoms with E-state index in [9.17, 15) is 4.79 Å². The summed E-state index contributed by atoms with van der Waals surface area (Å²) in [6.45, 7) is 2.73. The van der Waals surface area contributed by atoms with Crippen LogP contribution in [0.5, 0.6) is 0 Å². The van der Waals surface area contributed by atoms with Crippen molar-refractivity contribution in [2.45, 2.75) is 13.5 Å². The molecule has 0 aliphatic carbocycles. The predicted octanol–water partition coefficient (Wildman–Crippen LogP) is 4.12. The first-order valence-electron chi connectivity index (χ1n) is 7.17. The molecular formula is C18H18N2OS. The van der Waals surface area contributed by atoms with Gasteiger partial charge in [-0.15, -0.1) is 11.3 Å². The van der Waals surface area contributed by atoms with E-state index in [0.717, 1.165) is 5.69 Å². The zero-order valence-corrected chi connectivity index (χ0v) is 13.5. The first kappa shape index (κ1) is 14.6. The van der Waals surface area contributed by atoms with Crippen LogP contribution in [0, 0.1) is 6.92 Å². The summed E-state index contributed by atoms with van der Waals surface area (Å²) in [6.07, 6.45) is 3.98. The molecule has 0 radical (unpaired) electrons. The summed E-state index contributed by atoms with van der Waals surface area (Å²) in [5.74, 6) is 0.0480. The van der Waals surface area contributed by atoms with E-state index in [1.165, 1.54) is 10.4 Å². The van der Waals surface area contributed by atoms with Gasteiger partial charge in [0.1, 0.15) is 0 Å². The van der Waals surface area contributed by atoms with E-state index in [2.05, 4.69) is 18.4 Å². The Kier molecular flexibility index (Phi) is 4.11. The Hall–Kier alpha value is -2.33. The fourth-order valence-electron chi connectivity index (χ4n) is 2.36. The van der Waals surface area contributed by atoms with Crippen molar-refractivity contribution in [3.63, 3.8) is 0 Å². The van der Waals surface area contributed by atoms with E-state index in [1.54, 1.807) is 16.2 Å². The third-order valence-corrected chi connectivity index (χ3v) is 4.72. The van der Waals surface area contributed by atoms with Crippen LogP contribution in [0.2, 0.25) is 0 Å². The Morgan fingerprint density at radius 2 is 1.82 bits per heavy atom. The fourth-order valence-corrected chi connectivity index (χ4v) is 3.32. The van der Waals surface area contributed by atoms with Gasteiger partial charge in [-0.25, -0.2) is 0 Å². The van der Waals surface area contributed by atoms with Gasteiger partial charge in [-0.1, -0.05) is 0 Å². The molecule has 1 aromatic carbocycles. The number of amides is 1. The van der Waals surface area contributed by atoms with Crippen LogP contribution in [0.15, 0.2) is 60.2 Å². The molecule has 0 fully saturated rings. The van der Waals surface area contributed by atoms with Gasteiger partial charge in [0.05, 0.1) is 6.54 Å². The highest BCUT2D eigenvalue weighted by Crippen LogP contribution is 2.18. The van der Waals surface area contributed by atoms with Crippen molar-refractivity contribution in [3.8, 4) is 5.69 Å². The van der Waals surface area contributed by atoms with Gasteiger partial charge < -0.3 is 9.47 Å². The molecular weight excluding hydrogens is 292 g/mol. The lowest BCUT2D eigenvalue weighted by Crippen LogP contribution is -2.26. The second-order valence-electron chi connectivity index (χ2n) is 5.33. The number of aryl methyl sites for hydroxylation is 1. The molecule has 0 atom stereocenters. The van der Waals surface area contributed by atoms with Gasteiger partial charge in [-0.3, -0.25) is 4.79 Å². The number of benzene rings is 1. The van der Waals surface area contributed by atoms with Crippen LogP contribution in [0.3, 0.4) is 0 Å². The fraction of sp³-hybridized carbons (Fsp3) is 0.167. The summed E-state index contributed by atoms with van der Waals surface area (Å²) in [6, 6.07) is 13.8. The summed E-state index contributed by atoms with van der Waals surface area (Å²) in [5, 5.41) is 2.06. The molecule has 22 heavy (non-hydrogen) atoms. The average molecular weight is 310 g/mol. The predicted molar refractivity (Wildman–Crippen MR) is 90.6 cm³/mol. The molecule has 0 spiro atoms. The maximum atomic E-state index is 12.5. The molecule has 3 aromatic rings. The van der Waals surface area contributed by atoms with Crippen LogP contribution in [-0.2, 0) is 6.54 Å². The van der Waals surface area contributed by atoms with Crippen LogP contribution in [0.4, 0.5) is 0 Å². The first-order chi connectivity index (χ1) is 10.6. The second-order valence-corrected chi connectivity index (χ2v) is 6.33. The van der Waals surface area contributed by atoms with Crippen molar-refractivity contribution in [3.05, 3.63) is 76.2 Å². The van der Waals surface area contributed by atoms with Gasteiger partial charge in [0.2, 0.25) is 0 Å². The van der Waals surface area contributed by atoms with Crippen molar-refractivity contribution in [2.75, 3.05) is 7.05 Å². The summed E-state index contributed by atoms with van der Waals surface area (Å²) in [7, 11) is 1.85. The second kappa shape index (κ2) is 6.20. The van der Waals surface area contributed by atoms with Crippen molar-refractivity contribution in [2.24, 2.45) is 0 Å². The Morgan fingerprint density at radius 3 is 2.41 bits per heavy atom. The number of thiophene rings is 1. The third kappa shape index (κ3) is 2.97. The molecule has 0 saturated carbocycles. The minimum absolute atomic E-state index is 0.0480. The molecule has 1 amide bonds. The normalized spacial score (nSPS) is 10.6. The average Bonchev–Trinajstić information content (AvgIpc) is 3.19. The molecule has 0 saturated heterocycles. The molecule has 0 N–H and O–H groups in total. The van der Waals surface area contributed by atoms with Gasteiger partial charge >= 0.3 is 0 Å². The quantitative estimate of drug-likeness (QED) is 0.711. The molecule has 0 aliphatic rings. The Labute approximate surface area is 134 Å². The zero-order chi connectivity index (χ0) is 15.5. The number of hydrogen-bond donors (Lipinski definition) is 0. The van der Waals surface area contributed by atoms with Crippen LogP contribution >= 0.6 is 11.3 Å². The summed E-state index contributed by atoms with van der Waals surface area (Å²) >= 11 is 1.69. The Bertz CT molecular complexity index is 757. The number of hydrogen-bond acceptors (Lipinski definition) is 2. The number of rotatable bonds is 4. The first-order valence-corrected chi connectivity index (χ1v) is 8.05. The van der Waals surface area contributed by atoms with Crippen LogP contribution < -0.4 is 0 Å². The number of carbonyl (C=O) groups is 1. The van der Waals surface area contributed by atoms with Crippen molar-refractivity contribution in [1.82, 2.24) is 9.47 Å². The van der Waals surface area contributed by atoms with Gasteiger partial charge in [0.15, 0.2) is 0 Å². The summed E-state index contributed by atoms with van der Waals surface area (Å²) < 4.78 is 2.02. The van der Waals surface area contributed by atoms with Crippen LogP contribution in [-0.4, -0.2) is 22.4 Å². The number of aromatic nitrogens is 1. The largest absolute Gasteiger partial charge is 0.337 e. The van der Waals surface area contributed by atoms with Gasteiger partial charge in [-0.05, 0) is 60.3 Å². The molecule has 3 nitrogen and oxygen atoms in total. The van der Waals surface area contributed by atoms with Crippen molar-refractivity contribution >= 4 is 17.2 Å². The molecule has 0 aliphatic heterocycles. The highest BCUT2D eigenvalue weighted by Gasteiger charge is 2.13. The molecule has 0 unspecified atom stereocenters. The van der Waals surface area contributed by atoms with Crippen molar-refractivity contribution in [1.29, 1.82) is 0 Å². The summed E-state index contributed by atoms with van der Waals surface area (Å²) in [4.78, 5) is 15.5. The lowest BCUT2D eigenvalue weighted by molar-refractivity contribution is 0.0786. The molecule has 4 heteroatoms. The maximum Gasteiger partial charge on any atom is 0.253 e. The smallest absolute Gasteiger partial charge is 0.253 e. The lowest BCUT2D eigenvalue weighted by atomic mass is 10.1. The minimum atomic E-state index is 0.0480. The summed E-state index contributed by atoms with van der Waals surface area (Å²) in [5.41, 5.74) is 3.01. The van der Waals surface area contributed by atoms with E-state index in [4.69, 9.17) is 0 Å². The van der Waals surface area contributed by atoms with Crippen LogP contribution in [0.25, 0.3) is 5.69 Å². The molecule has 2 heterocycles. The third-order valence-electron chi connectivity index (χ3n) is 3.71. The topological polar surface area (TPSA) is 25.2 Å². The van der Waals surface area contributed by atoms with Crippen molar-refractivity contribution < 1.29 is 4.79 Å². The highest BCUT2D eigenvalue weighted by atomic mass is 32.1. The van der Waals surface area contributed by atoms with E-state index in [-0.39, 0.29) is 5.91 Å². The number of carbonyl (C=O) groups excluding carboxylic acids is 1. The van der Waals surface area contributed by atoms with E-state index in [0.29, 0.717) is 12.1 Å². The molecule has 2 aromatic heterocycles. The Balaban J connectivity index is 1.73. The van der Waals surface area contributed by atoms with Crippen LogP contribution in [0.1, 0.15) is 20.8 Å². The zero-order valence-electron chi connectivity index (χ0n) is 12.7. The minimum Gasteiger partial charge on any atom is -0.337 e. The number of nitrogens with zero attached hydrogens (tertiary/aromatic N) is 2. The molecule has 112 valence electrons. The SMILES string of the molecule is Cc1ccsc1CN(C)C(=O)c1ccc(-n2cccc2)cc1. The van der Waals surface area contributed by atoms with Gasteiger partial charge in [0.25, 0.3) is 5.91 Å². The standard InChI is InChI=1S/C18H18N2OS/c1-14-9-12-22-17(14)13-19(2)18(21)15-5-7-16(8-6-15)20-10-3-4-11-20/h3-12H,13H2,1-2H3. The monoisotopic (exact) mass is 310 g/mol. The molecule has 3 rings (SSSR count). The van der Waals surface area contributed by atoms with E-state index in [1.807, 2.05) is 60.4 Å². The van der Waals surface area contributed by atoms with E-state index < -0.39 is 0 Å². The van der Waals surface area contributed by atoms with Gasteiger partial charge in [-0.2, -0.15) is 0 Å². The maximum absolute atomic E-state index is 12.5. The lowest BCUT2D eigenvalue weighted by Gasteiger charge is -2.17. The highest BCUT2D eigenvalue weighted by molar-refractivity contribution is 7.10.